The van der Waals surface area contributed by atoms with E-state index in [1.807, 2.05) is 36.4 Å². The fourth-order valence-electron chi connectivity index (χ4n) is 7.95. The van der Waals surface area contributed by atoms with E-state index in [2.05, 4.69) is 35.1 Å². The molecule has 4 N–H and O–H groups in total. The summed E-state index contributed by atoms with van der Waals surface area (Å²) >= 11 is 0. The molecule has 4 aromatic rings. The van der Waals surface area contributed by atoms with E-state index in [9.17, 15) is 28.8 Å². The molecule has 0 saturated carbocycles. The highest BCUT2D eigenvalue weighted by Gasteiger charge is 2.34. The number of imide groups is 2. The maximum Gasteiger partial charge on any atom is 0.261 e. The van der Waals surface area contributed by atoms with Gasteiger partial charge in [0.05, 0.1) is 0 Å². The molecule has 0 radical (unpaired) electrons. The molecule has 0 saturated heterocycles. The third-order valence-corrected chi connectivity index (χ3v) is 11.0. The van der Waals surface area contributed by atoms with E-state index in [1.54, 1.807) is 24.3 Å². The summed E-state index contributed by atoms with van der Waals surface area (Å²) in [5.41, 5.74) is 3.72. The van der Waals surface area contributed by atoms with E-state index in [0.717, 1.165) is 73.5 Å². The molecule has 0 atom stereocenters. The molecule has 2 heterocycles. The quantitative estimate of drug-likeness (QED) is 0.0441. The Morgan fingerprint density at radius 1 is 0.500 bits per heavy atom. The van der Waals surface area contributed by atoms with Crippen molar-refractivity contribution >= 4 is 68.4 Å². The second kappa shape index (κ2) is 20.1. The largest absolute Gasteiger partial charge is 0.383 e. The molecule has 0 aliphatic carbocycles. The van der Waals surface area contributed by atoms with Crippen molar-refractivity contribution in [1.29, 1.82) is 0 Å². The predicted molar refractivity (Wildman–Crippen MR) is 228 cm³/mol. The number of anilines is 2. The van der Waals surface area contributed by atoms with Gasteiger partial charge in [-0.15, -0.1) is 0 Å². The third-order valence-electron chi connectivity index (χ3n) is 11.0. The van der Waals surface area contributed by atoms with Crippen molar-refractivity contribution in [3.8, 4) is 0 Å². The highest BCUT2D eigenvalue weighted by atomic mass is 16.2. The lowest BCUT2D eigenvalue weighted by Crippen LogP contribution is -2.40. The van der Waals surface area contributed by atoms with E-state index in [1.165, 1.54) is 9.80 Å². The molecule has 4 aromatic carbocycles. The number of nitrogens with one attached hydrogen (secondary N) is 4. The Morgan fingerprint density at radius 3 is 1.29 bits per heavy atom. The number of unbranched alkanes of at least 4 members (excludes halogenated alkanes) is 7. The fraction of sp³-hybridized carbons (Fsp3) is 0.435. The number of nitrogens with zero attached hydrogens (tertiary/aromatic N) is 2. The molecule has 6 rings (SSSR count). The highest BCUT2D eigenvalue weighted by Crippen LogP contribution is 2.36. The summed E-state index contributed by atoms with van der Waals surface area (Å²) in [6.45, 7) is 6.79. The maximum atomic E-state index is 13.3. The van der Waals surface area contributed by atoms with E-state index in [-0.39, 0.29) is 35.4 Å². The van der Waals surface area contributed by atoms with Gasteiger partial charge in [-0.25, -0.2) is 0 Å². The molecule has 12 heteroatoms. The van der Waals surface area contributed by atoms with Gasteiger partial charge in [0.2, 0.25) is 11.8 Å². The first-order valence-electron chi connectivity index (χ1n) is 21.1. The molecule has 12 nitrogen and oxygen atoms in total. The smallest absolute Gasteiger partial charge is 0.261 e. The summed E-state index contributed by atoms with van der Waals surface area (Å²) in [7, 11) is 0. The van der Waals surface area contributed by atoms with Crippen LogP contribution in [0, 0.1) is 0 Å². The van der Waals surface area contributed by atoms with Gasteiger partial charge >= 0.3 is 0 Å². The minimum atomic E-state index is -0.251. The zero-order chi connectivity index (χ0) is 41.0. The van der Waals surface area contributed by atoms with Gasteiger partial charge in [-0.05, 0) is 62.1 Å². The van der Waals surface area contributed by atoms with Crippen LogP contribution in [0.2, 0.25) is 0 Å². The minimum Gasteiger partial charge on any atom is -0.383 e. The van der Waals surface area contributed by atoms with Crippen LogP contribution in [-0.2, 0) is 9.59 Å². The molecule has 2 aliphatic heterocycles. The van der Waals surface area contributed by atoms with Gasteiger partial charge in [0.25, 0.3) is 23.6 Å². The number of carbonyl (C=O) groups is 6. The van der Waals surface area contributed by atoms with Crippen LogP contribution in [0.1, 0.15) is 132 Å². The lowest BCUT2D eigenvalue weighted by atomic mass is 9.93. The first kappa shape index (κ1) is 41.8. The Morgan fingerprint density at radius 2 is 0.897 bits per heavy atom. The Bertz CT molecular complexity index is 1990. The lowest BCUT2D eigenvalue weighted by Gasteiger charge is -2.28. The van der Waals surface area contributed by atoms with Crippen molar-refractivity contribution in [3.05, 3.63) is 82.9 Å². The molecule has 0 unspecified atom stereocenters. The summed E-state index contributed by atoms with van der Waals surface area (Å²) < 4.78 is 0. The summed E-state index contributed by atoms with van der Waals surface area (Å²) in [5, 5.41) is 15.5. The summed E-state index contributed by atoms with van der Waals surface area (Å²) in [6.07, 6.45) is 9.62. The average molecular weight is 793 g/mol. The molecule has 0 fully saturated rings. The van der Waals surface area contributed by atoms with E-state index in [0.29, 0.717) is 98.0 Å². The van der Waals surface area contributed by atoms with Crippen molar-refractivity contribution in [3.63, 3.8) is 0 Å². The van der Waals surface area contributed by atoms with Crippen LogP contribution in [0.25, 0.3) is 21.5 Å². The maximum absolute atomic E-state index is 13.3. The van der Waals surface area contributed by atoms with Gasteiger partial charge in [0, 0.05) is 107 Å². The van der Waals surface area contributed by atoms with Crippen LogP contribution >= 0.6 is 0 Å². The lowest BCUT2D eigenvalue weighted by molar-refractivity contribution is -0.122. The van der Waals surface area contributed by atoms with Crippen LogP contribution in [0.3, 0.4) is 0 Å². The number of hydrogen-bond acceptors (Lipinski definition) is 8. The zero-order valence-electron chi connectivity index (χ0n) is 33.8. The number of amides is 6. The first-order chi connectivity index (χ1) is 28.2. The van der Waals surface area contributed by atoms with Gasteiger partial charge in [0.1, 0.15) is 0 Å². The Hall–Kier alpha value is -5.78. The molecule has 0 bridgehead atoms. The normalized spacial score (nSPS) is 13.4. The zero-order valence-corrected chi connectivity index (χ0v) is 33.8. The van der Waals surface area contributed by atoms with Crippen LogP contribution in [0.5, 0.6) is 0 Å². The monoisotopic (exact) mass is 792 g/mol. The Kier molecular flexibility index (Phi) is 14.5. The minimum absolute atomic E-state index is 0.0947. The SMILES string of the molecule is CCCCC[14CH2]N1C(=O)c2cccc3c(NCCNC(=O)CCCCC(=O)NCCNc4ccc5c6c(cccc46)C(=O)N([14CH2]CCCCC)C5=O)ccc(c23)C1=O. The predicted octanol–water partition coefficient (Wildman–Crippen LogP) is 7.66. The third kappa shape index (κ3) is 9.49. The van der Waals surface area contributed by atoms with Crippen LogP contribution in [-0.4, -0.2) is 84.5 Å². The molecule has 0 spiro atoms. The molecule has 2 aliphatic rings. The standard InChI is InChI=1S/C46H56N6O6/c1-3-5-7-11-29-51-43(55)33-17-13-15-31-37(23-21-35(41(31)33)45(51)57)47-25-27-49-39(53)19-9-10-20-40(54)50-28-26-48-38-24-22-36-42-32(38)16-14-18-34(42)44(56)52(46(36)58)30-12-8-6-4-2/h13-18,21-24,47-48H,3-12,19-20,25-30H2,1-2H3,(H,49,53)(H,50,54)/i29+2,30+2. The average Bonchev–Trinajstić information content (AvgIpc) is 3.23. The van der Waals surface area contributed by atoms with Crippen molar-refractivity contribution in [1.82, 2.24) is 20.4 Å². The highest BCUT2D eigenvalue weighted by molar-refractivity contribution is 6.27. The van der Waals surface area contributed by atoms with Crippen molar-refractivity contribution in [2.24, 2.45) is 0 Å². The van der Waals surface area contributed by atoms with E-state index >= 15 is 0 Å². The van der Waals surface area contributed by atoms with E-state index < -0.39 is 0 Å². The second-order valence-corrected chi connectivity index (χ2v) is 15.2. The second-order valence-electron chi connectivity index (χ2n) is 15.2. The fourth-order valence-corrected chi connectivity index (χ4v) is 7.95. The first-order valence-corrected chi connectivity index (χ1v) is 21.1. The molecule has 0 aromatic heterocycles. The molecular formula is C46H56N6O6. The number of rotatable bonds is 23. The van der Waals surface area contributed by atoms with Gasteiger partial charge in [-0.1, -0.05) is 76.6 Å². The van der Waals surface area contributed by atoms with Crippen LogP contribution < -0.4 is 21.3 Å². The van der Waals surface area contributed by atoms with Crippen LogP contribution in [0.15, 0.2) is 60.7 Å². The van der Waals surface area contributed by atoms with Gasteiger partial charge < -0.3 is 21.3 Å². The topological polar surface area (TPSA) is 157 Å². The molecule has 306 valence electrons. The summed E-state index contributed by atoms with van der Waals surface area (Å²) in [5.74, 6) is -1.19. The van der Waals surface area contributed by atoms with Gasteiger partial charge in [-0.3, -0.25) is 38.6 Å². The van der Waals surface area contributed by atoms with E-state index in [4.69, 9.17) is 0 Å². The van der Waals surface area contributed by atoms with Gasteiger partial charge in [-0.2, -0.15) is 0 Å². The number of carbonyl (C=O) groups excluding carboxylic acids is 6. The Balaban J connectivity index is 0.881. The number of hydrogen-bond donors (Lipinski definition) is 4. The van der Waals surface area contributed by atoms with Gasteiger partial charge in [0.15, 0.2) is 0 Å². The molecule has 6 amide bonds. The van der Waals surface area contributed by atoms with Crippen molar-refractivity contribution in [2.45, 2.75) is 90.9 Å². The Labute approximate surface area is 340 Å². The van der Waals surface area contributed by atoms with Crippen molar-refractivity contribution in [2.75, 3.05) is 49.9 Å². The number of benzene rings is 4. The molecule has 58 heavy (non-hydrogen) atoms. The van der Waals surface area contributed by atoms with Crippen molar-refractivity contribution < 1.29 is 28.8 Å². The summed E-state index contributed by atoms with van der Waals surface area (Å²) in [4.78, 5) is 80.9. The molecular weight excluding hydrogens is 737 g/mol. The summed E-state index contributed by atoms with van der Waals surface area (Å²) in [6, 6.07) is 18.3. The van der Waals surface area contributed by atoms with Crippen LogP contribution in [0.4, 0.5) is 11.4 Å².